The molecule has 264 valence electrons. The quantitative estimate of drug-likeness (QED) is 0.155. The molecule has 2 heterocycles. The Morgan fingerprint density at radius 2 is 1.70 bits per heavy atom. The largest absolute Gasteiger partial charge is 0.511 e. The molecule has 0 amide bonds. The lowest BCUT2D eigenvalue weighted by Crippen LogP contribution is -2.42. The van der Waals surface area contributed by atoms with E-state index in [1.54, 1.807) is 6.08 Å². The van der Waals surface area contributed by atoms with Gasteiger partial charge in [0.25, 0.3) is 5.13 Å². The number of hydrogen-bond donors (Lipinski definition) is 1. The topological polar surface area (TPSA) is 126 Å². The van der Waals surface area contributed by atoms with Gasteiger partial charge in [0.05, 0.1) is 5.70 Å². The molecular weight excluding hydrogens is 676 g/mol. The first kappa shape index (κ1) is 43.0. The average Bonchev–Trinajstić information content (AvgIpc) is 3.40. The minimum absolute atomic E-state index is 0.235. The highest BCUT2D eigenvalue weighted by Gasteiger charge is 2.62. The Bertz CT molecular complexity index is 1340. The second-order valence-corrected chi connectivity index (χ2v) is 12.3. The number of alkyl halides is 8. The Labute approximate surface area is 266 Å². The number of azo groups is 1. The molecule has 1 atom stereocenters. The second-order valence-electron chi connectivity index (χ2n) is 9.58. The average molecular weight is 715 g/mol. The van der Waals surface area contributed by atoms with Crippen LogP contribution in [0.3, 0.4) is 0 Å². The number of likely N-dealkylation sites (tertiary alicyclic amines) is 1. The van der Waals surface area contributed by atoms with Gasteiger partial charge in [-0.05, 0) is 51.7 Å². The number of ether oxygens (including phenoxy) is 1. The molecule has 0 saturated carbocycles. The maximum Gasteiger partial charge on any atom is 0.511 e. The van der Waals surface area contributed by atoms with Crippen molar-refractivity contribution in [1.29, 1.82) is 0 Å². The number of rotatable bonds is 9. The Morgan fingerprint density at radius 3 is 2.11 bits per heavy atom. The van der Waals surface area contributed by atoms with Gasteiger partial charge in [-0.25, -0.2) is 17.9 Å². The van der Waals surface area contributed by atoms with Crippen molar-refractivity contribution in [3.05, 3.63) is 40.7 Å². The van der Waals surface area contributed by atoms with Crippen molar-refractivity contribution in [2.75, 3.05) is 6.54 Å². The molecule has 1 aliphatic heterocycles. The number of halogens is 8. The molecule has 1 N–H and O–H groups in total. The summed E-state index contributed by atoms with van der Waals surface area (Å²) >= 11 is 0.354. The van der Waals surface area contributed by atoms with Gasteiger partial charge in [-0.15, -0.1) is 20.4 Å². The smallest absolute Gasteiger partial charge is 0.388 e. The van der Waals surface area contributed by atoms with E-state index in [2.05, 4.69) is 71.3 Å². The van der Waals surface area contributed by atoms with Crippen LogP contribution in [0.5, 0.6) is 0 Å². The summed E-state index contributed by atoms with van der Waals surface area (Å²) in [6.07, 6.45) is -3.86. The number of hydrogen-bond acceptors (Lipinski definition) is 10. The van der Waals surface area contributed by atoms with Gasteiger partial charge in [-0.2, -0.15) is 35.1 Å². The Hall–Kier alpha value is -3.00. The number of carbonyl (C=O) groups is 1. The predicted molar refractivity (Wildman–Crippen MR) is 157 cm³/mol. The van der Waals surface area contributed by atoms with E-state index >= 15 is 0 Å². The minimum Gasteiger partial charge on any atom is -0.388 e. The van der Waals surface area contributed by atoms with Crippen LogP contribution < -0.4 is 4.72 Å². The van der Waals surface area contributed by atoms with Gasteiger partial charge in [0.1, 0.15) is 0 Å². The number of aromatic nitrogens is 2. The van der Waals surface area contributed by atoms with Crippen LogP contribution in [0.4, 0.5) is 40.3 Å². The molecular formula is C26H38F8N6O4S2. The van der Waals surface area contributed by atoms with Gasteiger partial charge in [0, 0.05) is 24.3 Å². The molecule has 46 heavy (non-hydrogen) atoms. The molecule has 1 aromatic heterocycles. The van der Waals surface area contributed by atoms with E-state index in [9.17, 15) is 48.3 Å². The molecule has 1 saturated heterocycles. The third-order valence-electron chi connectivity index (χ3n) is 5.43. The van der Waals surface area contributed by atoms with Gasteiger partial charge >= 0.3 is 33.8 Å². The summed E-state index contributed by atoms with van der Waals surface area (Å²) in [5, 5.41) is 13.2. The Morgan fingerprint density at radius 1 is 1.13 bits per heavy atom. The molecule has 0 bridgehead atoms. The fourth-order valence-electron chi connectivity index (χ4n) is 3.70. The molecule has 1 aromatic rings. The van der Waals surface area contributed by atoms with Crippen LogP contribution in [0, 0.1) is 0 Å². The lowest BCUT2D eigenvalue weighted by Gasteiger charge is -2.43. The molecule has 0 spiro atoms. The summed E-state index contributed by atoms with van der Waals surface area (Å²) in [4.78, 5) is 13.9. The maximum atomic E-state index is 12.9. The normalized spacial score (nSPS) is 17.9. The van der Waals surface area contributed by atoms with Crippen LogP contribution in [-0.4, -0.2) is 65.9 Å². The van der Waals surface area contributed by atoms with Crippen molar-refractivity contribution in [1.82, 2.24) is 19.8 Å². The number of carbonyl (C=O) groups excluding carboxylic acids is 1. The van der Waals surface area contributed by atoms with Crippen LogP contribution in [-0.2, 0) is 14.8 Å². The lowest BCUT2D eigenvalue weighted by molar-refractivity contribution is -0.370. The van der Waals surface area contributed by atoms with E-state index in [-0.39, 0.29) is 17.4 Å². The monoisotopic (exact) mass is 714 g/mol. The van der Waals surface area contributed by atoms with Crippen LogP contribution in [0.2, 0.25) is 0 Å². The van der Waals surface area contributed by atoms with Gasteiger partial charge in [-0.1, -0.05) is 58.1 Å². The van der Waals surface area contributed by atoms with Crippen LogP contribution >= 0.6 is 11.3 Å². The highest BCUT2D eigenvalue weighted by atomic mass is 32.2. The van der Waals surface area contributed by atoms with Crippen molar-refractivity contribution in [2.24, 2.45) is 10.2 Å². The number of sulfonamides is 1. The van der Waals surface area contributed by atoms with Gasteiger partial charge in [0.15, 0.2) is 0 Å². The number of esters is 1. The first-order valence-corrected chi connectivity index (χ1v) is 16.2. The molecule has 2 rings (SSSR count). The minimum atomic E-state index is -6.05. The summed E-state index contributed by atoms with van der Waals surface area (Å²) in [5.41, 5.74) is -2.82. The second kappa shape index (κ2) is 18.4. The molecule has 20 heteroatoms. The van der Waals surface area contributed by atoms with E-state index in [4.69, 9.17) is 0 Å². The summed E-state index contributed by atoms with van der Waals surface area (Å²) in [5.74, 6) is -1.98. The maximum absolute atomic E-state index is 12.9. The molecule has 1 unspecified atom stereocenters. The number of allylic oxidation sites excluding steroid dienone is 3. The molecule has 0 radical (unpaired) electrons. The number of nitrogens with one attached hydrogen (secondary N) is 1. The third kappa shape index (κ3) is 13.0. The molecule has 1 aliphatic rings. The third-order valence-corrected chi connectivity index (χ3v) is 7.50. The van der Waals surface area contributed by atoms with Crippen molar-refractivity contribution in [2.45, 2.75) is 104 Å². The fourth-order valence-corrected chi connectivity index (χ4v) is 4.78. The Kier molecular flexibility index (Phi) is 17.2. The fraction of sp³-hybridized carbons (Fsp3) is 0.654. The molecule has 10 nitrogen and oxygen atoms in total. The first-order valence-electron chi connectivity index (χ1n) is 13.9. The lowest BCUT2D eigenvalue weighted by atomic mass is 9.91. The zero-order chi connectivity index (χ0) is 36.1. The van der Waals surface area contributed by atoms with Gasteiger partial charge in [0.2, 0.25) is 5.01 Å². The van der Waals surface area contributed by atoms with E-state index in [0.29, 0.717) is 23.4 Å². The summed E-state index contributed by atoms with van der Waals surface area (Å²) in [6, 6.07) is 0.719. The SMILES string of the molecule is C=C(/C=C1/CCC(CC)N(C(C)C)/C1=C/C)N=Nc1nnc(C(=O)OC(F)(F)C(F)(F)F)s1.CCC.CCNS(=O)(=O)C(F)(F)F. The van der Waals surface area contributed by atoms with Gasteiger partial charge < -0.3 is 9.64 Å². The van der Waals surface area contributed by atoms with E-state index < -0.39 is 38.8 Å². The highest BCUT2D eigenvalue weighted by molar-refractivity contribution is 7.90. The number of piperidine rings is 1. The van der Waals surface area contributed by atoms with Crippen molar-refractivity contribution >= 4 is 32.5 Å². The summed E-state index contributed by atoms with van der Waals surface area (Å²) in [6.45, 7) is 17.4. The van der Waals surface area contributed by atoms with Crippen LogP contribution in [0.15, 0.2) is 45.9 Å². The van der Waals surface area contributed by atoms with E-state index in [1.807, 2.05) is 13.0 Å². The number of nitrogens with zero attached hydrogens (tertiary/aromatic N) is 5. The predicted octanol–water partition coefficient (Wildman–Crippen LogP) is 8.42. The van der Waals surface area contributed by atoms with Crippen LogP contribution in [0.1, 0.15) is 84.0 Å². The van der Waals surface area contributed by atoms with Crippen molar-refractivity contribution in [3.63, 3.8) is 0 Å². The first-order chi connectivity index (χ1) is 21.0. The summed E-state index contributed by atoms with van der Waals surface area (Å²) in [7, 11) is -5.10. The molecule has 0 aromatic carbocycles. The zero-order valence-corrected chi connectivity index (χ0v) is 27.9. The van der Waals surface area contributed by atoms with E-state index in [0.717, 1.165) is 30.5 Å². The van der Waals surface area contributed by atoms with Crippen molar-refractivity contribution in [3.8, 4) is 0 Å². The van der Waals surface area contributed by atoms with Crippen molar-refractivity contribution < 1.29 is 53.1 Å². The Balaban J connectivity index is 0.00000131. The summed E-state index contributed by atoms with van der Waals surface area (Å²) < 4.78 is 121. The molecule has 0 aliphatic carbocycles. The highest BCUT2D eigenvalue weighted by Crippen LogP contribution is 2.38. The standard InChI is InChI=1S/C20H24F5N5O2S.C3H6F3NO2S.C3H8/c1-6-14-9-8-13(15(7-2)30(14)11(3)4)10-12(5)26-28-18-29-27-16(33-18)17(31)32-20(24,25)19(21,22)23;1-2-7-10(8,9)3(4,5)6;1-3-2/h7,10-11,14H,5-6,8-9H2,1-4H3;7H,2H2,1H3;3H2,1-2H3/b13-10-,15-7+,28-26?;;. The molecule has 1 fully saturated rings. The van der Waals surface area contributed by atoms with Gasteiger partial charge in [-0.3, -0.25) is 0 Å². The van der Waals surface area contributed by atoms with E-state index in [1.165, 1.54) is 18.1 Å². The zero-order valence-electron chi connectivity index (χ0n) is 26.3. The van der Waals surface area contributed by atoms with Crippen LogP contribution in [0.25, 0.3) is 0 Å².